The van der Waals surface area contributed by atoms with Crippen molar-refractivity contribution in [3.8, 4) is 5.75 Å². The smallest absolute Gasteiger partial charge is 0.235 e. The predicted molar refractivity (Wildman–Crippen MR) is 75.2 cm³/mol. The zero-order valence-corrected chi connectivity index (χ0v) is 11.7. The van der Waals surface area contributed by atoms with Crippen LogP contribution in [0.3, 0.4) is 0 Å². The Kier molecular flexibility index (Phi) is 4.75. The highest BCUT2D eigenvalue weighted by atomic mass is 16.5. The van der Waals surface area contributed by atoms with Gasteiger partial charge in [0.2, 0.25) is 6.08 Å². The van der Waals surface area contributed by atoms with Crippen molar-refractivity contribution in [3.63, 3.8) is 0 Å². The Balaban J connectivity index is 2.22. The van der Waals surface area contributed by atoms with Crippen LogP contribution in [0.2, 0.25) is 0 Å². The van der Waals surface area contributed by atoms with Gasteiger partial charge in [0, 0.05) is 0 Å². The van der Waals surface area contributed by atoms with Crippen molar-refractivity contribution < 1.29 is 9.53 Å². The van der Waals surface area contributed by atoms with Crippen LogP contribution in [0, 0.1) is 5.92 Å². The average Bonchev–Trinajstić information content (AvgIpc) is 2.45. The SMILES string of the molecule is COc1ccc(CN=C=O)cc1C1CCC(C)CC1. The third-order valence-electron chi connectivity index (χ3n) is 4.08. The number of isocyanates is 1. The second-order valence-electron chi connectivity index (χ2n) is 5.44. The number of rotatable bonds is 4. The molecule has 0 aromatic heterocycles. The van der Waals surface area contributed by atoms with Crippen molar-refractivity contribution in [2.24, 2.45) is 10.9 Å². The summed E-state index contributed by atoms with van der Waals surface area (Å²) in [6.07, 6.45) is 6.60. The first-order valence-corrected chi connectivity index (χ1v) is 6.95. The highest BCUT2D eigenvalue weighted by Gasteiger charge is 2.22. The number of benzene rings is 1. The molecule has 0 heterocycles. The van der Waals surface area contributed by atoms with Crippen molar-refractivity contribution >= 4 is 6.08 Å². The van der Waals surface area contributed by atoms with Gasteiger partial charge >= 0.3 is 0 Å². The van der Waals surface area contributed by atoms with Crippen LogP contribution in [0.4, 0.5) is 0 Å². The van der Waals surface area contributed by atoms with E-state index >= 15 is 0 Å². The molecule has 0 N–H and O–H groups in total. The third-order valence-corrected chi connectivity index (χ3v) is 4.08. The van der Waals surface area contributed by atoms with Crippen molar-refractivity contribution in [1.82, 2.24) is 0 Å². The van der Waals surface area contributed by atoms with Gasteiger partial charge in [-0.25, -0.2) is 9.79 Å². The molecule has 3 nitrogen and oxygen atoms in total. The Morgan fingerprint density at radius 3 is 2.68 bits per heavy atom. The summed E-state index contributed by atoms with van der Waals surface area (Å²) in [5, 5.41) is 0. The lowest BCUT2D eigenvalue weighted by atomic mass is 9.79. The zero-order chi connectivity index (χ0) is 13.7. The molecule has 1 aliphatic carbocycles. The predicted octanol–water partition coefficient (Wildman–Crippen LogP) is 3.82. The Hall–Kier alpha value is -1.60. The molecule has 1 fully saturated rings. The summed E-state index contributed by atoms with van der Waals surface area (Å²) in [5.41, 5.74) is 2.32. The molecule has 0 bridgehead atoms. The molecule has 19 heavy (non-hydrogen) atoms. The van der Waals surface area contributed by atoms with Crippen LogP contribution in [0.1, 0.15) is 49.7 Å². The number of carbonyl (C=O) groups excluding carboxylic acids is 1. The minimum Gasteiger partial charge on any atom is -0.496 e. The molecule has 0 amide bonds. The van der Waals surface area contributed by atoms with E-state index in [1.807, 2.05) is 12.1 Å². The minimum absolute atomic E-state index is 0.406. The maximum atomic E-state index is 10.2. The molecule has 0 saturated heterocycles. The molecule has 102 valence electrons. The molecule has 1 aliphatic rings. The van der Waals surface area contributed by atoms with Gasteiger partial charge < -0.3 is 4.74 Å². The van der Waals surface area contributed by atoms with Gasteiger partial charge in [-0.2, -0.15) is 0 Å². The molecule has 0 unspecified atom stereocenters. The van der Waals surface area contributed by atoms with Gasteiger partial charge in [-0.3, -0.25) is 0 Å². The molecule has 0 atom stereocenters. The molecule has 2 rings (SSSR count). The van der Waals surface area contributed by atoms with Gasteiger partial charge in [0.25, 0.3) is 0 Å². The molecular formula is C16H21NO2. The molecule has 0 radical (unpaired) electrons. The van der Waals surface area contributed by atoms with Crippen LogP contribution in [0.15, 0.2) is 23.2 Å². The largest absolute Gasteiger partial charge is 0.496 e. The Bertz CT molecular complexity index is 470. The van der Waals surface area contributed by atoms with E-state index in [4.69, 9.17) is 4.74 Å². The van der Waals surface area contributed by atoms with Gasteiger partial charge in [0.1, 0.15) is 5.75 Å². The standard InChI is InChI=1S/C16H21NO2/c1-12-3-6-14(7-4-12)15-9-13(10-17-11-18)5-8-16(15)19-2/h5,8-9,12,14H,3-4,6-7,10H2,1-2H3. The fourth-order valence-corrected chi connectivity index (χ4v) is 2.90. The Morgan fingerprint density at radius 2 is 2.05 bits per heavy atom. The number of ether oxygens (including phenoxy) is 1. The van der Waals surface area contributed by atoms with Crippen molar-refractivity contribution in [1.29, 1.82) is 0 Å². The van der Waals surface area contributed by atoms with Crippen molar-refractivity contribution in [2.45, 2.75) is 45.1 Å². The number of aliphatic imine (C=N–C) groups is 1. The summed E-state index contributed by atoms with van der Waals surface area (Å²) >= 11 is 0. The van der Waals surface area contributed by atoms with Crippen LogP contribution >= 0.6 is 0 Å². The summed E-state index contributed by atoms with van der Waals surface area (Å²) in [4.78, 5) is 13.9. The van der Waals surface area contributed by atoms with Crippen LogP contribution in [0.25, 0.3) is 0 Å². The molecular weight excluding hydrogens is 238 g/mol. The van der Waals surface area contributed by atoms with E-state index < -0.39 is 0 Å². The van der Waals surface area contributed by atoms with Crippen molar-refractivity contribution in [3.05, 3.63) is 29.3 Å². The second kappa shape index (κ2) is 6.53. The summed E-state index contributed by atoms with van der Waals surface area (Å²) in [6.45, 7) is 2.73. The van der Waals surface area contributed by atoms with Gasteiger partial charge in [0.05, 0.1) is 13.7 Å². The topological polar surface area (TPSA) is 38.7 Å². The average molecular weight is 259 g/mol. The van der Waals surface area contributed by atoms with Crippen LogP contribution < -0.4 is 4.74 Å². The van der Waals surface area contributed by atoms with Gasteiger partial charge in [-0.1, -0.05) is 25.8 Å². The number of methoxy groups -OCH3 is 1. The molecule has 1 saturated carbocycles. The fraction of sp³-hybridized carbons (Fsp3) is 0.562. The summed E-state index contributed by atoms with van der Waals surface area (Å²) in [7, 11) is 1.72. The molecule has 1 aromatic rings. The normalized spacial score (nSPS) is 22.6. The van der Waals surface area contributed by atoms with Gasteiger partial charge in [-0.05, 0) is 47.9 Å². The Morgan fingerprint density at radius 1 is 1.32 bits per heavy atom. The monoisotopic (exact) mass is 259 g/mol. The second-order valence-corrected chi connectivity index (χ2v) is 5.44. The number of hydrogen-bond donors (Lipinski definition) is 0. The molecule has 0 spiro atoms. The summed E-state index contributed by atoms with van der Waals surface area (Å²) < 4.78 is 5.48. The number of nitrogens with zero attached hydrogens (tertiary/aromatic N) is 1. The lowest BCUT2D eigenvalue weighted by Gasteiger charge is -2.27. The summed E-state index contributed by atoms with van der Waals surface area (Å²) in [6, 6.07) is 6.10. The van der Waals surface area contributed by atoms with Crippen molar-refractivity contribution in [2.75, 3.05) is 7.11 Å². The van der Waals surface area contributed by atoms with Crippen LogP contribution in [-0.4, -0.2) is 13.2 Å². The quantitative estimate of drug-likeness (QED) is 0.609. The minimum atomic E-state index is 0.406. The first-order chi connectivity index (χ1) is 9.24. The van der Waals surface area contributed by atoms with Gasteiger partial charge in [0.15, 0.2) is 0 Å². The number of hydrogen-bond acceptors (Lipinski definition) is 3. The Labute approximate surface area is 114 Å². The van der Waals surface area contributed by atoms with Crippen LogP contribution in [0.5, 0.6) is 5.75 Å². The van der Waals surface area contributed by atoms with E-state index in [1.54, 1.807) is 13.2 Å². The summed E-state index contributed by atoms with van der Waals surface area (Å²) in [5.74, 6) is 2.37. The third kappa shape index (κ3) is 3.45. The van der Waals surface area contributed by atoms with E-state index in [-0.39, 0.29) is 0 Å². The van der Waals surface area contributed by atoms with E-state index in [1.165, 1.54) is 31.2 Å². The van der Waals surface area contributed by atoms with Crippen LogP contribution in [-0.2, 0) is 11.3 Å². The zero-order valence-electron chi connectivity index (χ0n) is 11.7. The molecule has 0 aliphatic heterocycles. The maximum Gasteiger partial charge on any atom is 0.235 e. The van der Waals surface area contributed by atoms with E-state index in [0.29, 0.717) is 12.5 Å². The van der Waals surface area contributed by atoms with E-state index in [0.717, 1.165) is 17.2 Å². The highest BCUT2D eigenvalue weighted by Crippen LogP contribution is 2.39. The highest BCUT2D eigenvalue weighted by molar-refractivity contribution is 5.41. The van der Waals surface area contributed by atoms with Gasteiger partial charge in [-0.15, -0.1) is 0 Å². The van der Waals surface area contributed by atoms with E-state index in [9.17, 15) is 4.79 Å². The molecule has 3 heteroatoms. The maximum absolute atomic E-state index is 10.2. The van der Waals surface area contributed by atoms with E-state index in [2.05, 4.69) is 18.0 Å². The lowest BCUT2D eigenvalue weighted by molar-refractivity contribution is 0.336. The first kappa shape index (κ1) is 13.8. The first-order valence-electron chi connectivity index (χ1n) is 6.95. The lowest BCUT2D eigenvalue weighted by Crippen LogP contribution is -2.12. The molecule has 1 aromatic carbocycles. The fourth-order valence-electron chi connectivity index (χ4n) is 2.90.